The molecule has 0 spiro atoms. The van der Waals surface area contributed by atoms with E-state index in [0.717, 1.165) is 37.7 Å². The third-order valence-corrected chi connectivity index (χ3v) is 3.69. The molecule has 1 aliphatic rings. The molecular formula is C14H21FN2O. The largest absolute Gasteiger partial charge is 0.392 e. The van der Waals surface area contributed by atoms with Gasteiger partial charge in [-0.2, -0.15) is 0 Å². The van der Waals surface area contributed by atoms with Gasteiger partial charge in [-0.05, 0) is 24.8 Å². The molecule has 0 amide bonds. The number of aliphatic hydroxyl groups excluding tert-OH is 1. The van der Waals surface area contributed by atoms with Crippen LogP contribution in [0, 0.1) is 11.7 Å². The summed E-state index contributed by atoms with van der Waals surface area (Å²) in [6.07, 6.45) is 6.08. The highest BCUT2D eigenvalue weighted by atomic mass is 19.1. The van der Waals surface area contributed by atoms with Crippen molar-refractivity contribution >= 4 is 5.82 Å². The standard InChI is InChI=1S/C14H21FN2O/c1-2-3-11-4-6-17(7-5-11)14-12(10-18)8-13(15)9-16-14/h8-9,11,18H,2-7,10H2,1H3. The monoisotopic (exact) mass is 252 g/mol. The lowest BCUT2D eigenvalue weighted by Gasteiger charge is -2.33. The molecule has 0 atom stereocenters. The summed E-state index contributed by atoms with van der Waals surface area (Å²) in [5.41, 5.74) is 0.587. The molecule has 0 aliphatic carbocycles. The molecule has 0 saturated carbocycles. The molecule has 1 fully saturated rings. The molecule has 1 saturated heterocycles. The van der Waals surface area contributed by atoms with E-state index >= 15 is 0 Å². The van der Waals surface area contributed by atoms with Crippen molar-refractivity contribution in [2.45, 2.75) is 39.2 Å². The first kappa shape index (κ1) is 13.3. The molecule has 0 unspecified atom stereocenters. The lowest BCUT2D eigenvalue weighted by molar-refractivity contribution is 0.280. The van der Waals surface area contributed by atoms with Gasteiger partial charge in [0.1, 0.15) is 11.6 Å². The molecule has 1 N–H and O–H groups in total. The van der Waals surface area contributed by atoms with Crippen molar-refractivity contribution in [3.63, 3.8) is 0 Å². The molecule has 2 rings (SSSR count). The van der Waals surface area contributed by atoms with Crippen LogP contribution in [0.4, 0.5) is 10.2 Å². The highest BCUT2D eigenvalue weighted by molar-refractivity contribution is 5.46. The first-order valence-electron chi connectivity index (χ1n) is 6.74. The Morgan fingerprint density at radius 3 is 2.78 bits per heavy atom. The van der Waals surface area contributed by atoms with Gasteiger partial charge in [-0.15, -0.1) is 0 Å². The maximum atomic E-state index is 13.1. The van der Waals surface area contributed by atoms with E-state index in [1.165, 1.54) is 25.1 Å². The van der Waals surface area contributed by atoms with Gasteiger partial charge in [0.25, 0.3) is 0 Å². The van der Waals surface area contributed by atoms with Gasteiger partial charge in [0, 0.05) is 18.7 Å². The fraction of sp³-hybridized carbons (Fsp3) is 0.643. The van der Waals surface area contributed by atoms with Crippen LogP contribution >= 0.6 is 0 Å². The van der Waals surface area contributed by atoms with Crippen LogP contribution in [-0.4, -0.2) is 23.2 Å². The zero-order valence-corrected chi connectivity index (χ0v) is 10.9. The molecule has 2 heterocycles. The van der Waals surface area contributed by atoms with Crippen molar-refractivity contribution in [2.75, 3.05) is 18.0 Å². The maximum absolute atomic E-state index is 13.1. The molecule has 100 valence electrons. The summed E-state index contributed by atoms with van der Waals surface area (Å²) in [6, 6.07) is 1.38. The molecule has 0 aromatic carbocycles. The molecular weight excluding hydrogens is 231 g/mol. The van der Waals surface area contributed by atoms with E-state index in [-0.39, 0.29) is 12.4 Å². The van der Waals surface area contributed by atoms with Gasteiger partial charge in [-0.3, -0.25) is 0 Å². The molecule has 3 nitrogen and oxygen atoms in total. The number of hydrogen-bond donors (Lipinski definition) is 1. The van der Waals surface area contributed by atoms with Crippen molar-refractivity contribution in [2.24, 2.45) is 5.92 Å². The Bertz CT molecular complexity index is 389. The van der Waals surface area contributed by atoms with E-state index in [1.807, 2.05) is 0 Å². The summed E-state index contributed by atoms with van der Waals surface area (Å²) in [6.45, 7) is 3.97. The second-order valence-electron chi connectivity index (χ2n) is 5.01. The van der Waals surface area contributed by atoms with E-state index in [4.69, 9.17) is 0 Å². The number of hydrogen-bond acceptors (Lipinski definition) is 3. The molecule has 1 aromatic heterocycles. The zero-order chi connectivity index (χ0) is 13.0. The van der Waals surface area contributed by atoms with E-state index in [0.29, 0.717) is 5.56 Å². The van der Waals surface area contributed by atoms with Crippen molar-refractivity contribution < 1.29 is 9.50 Å². The summed E-state index contributed by atoms with van der Waals surface area (Å²) in [5, 5.41) is 9.28. The Kier molecular flexibility index (Phi) is 4.53. The van der Waals surface area contributed by atoms with Crippen molar-refractivity contribution in [1.29, 1.82) is 0 Å². The van der Waals surface area contributed by atoms with Gasteiger partial charge in [0.2, 0.25) is 0 Å². The Hall–Kier alpha value is -1.16. The van der Waals surface area contributed by atoms with Crippen LogP contribution in [0.25, 0.3) is 0 Å². The van der Waals surface area contributed by atoms with Crippen molar-refractivity contribution in [1.82, 2.24) is 4.98 Å². The number of aromatic nitrogens is 1. The number of nitrogens with zero attached hydrogens (tertiary/aromatic N) is 2. The van der Waals surface area contributed by atoms with E-state index in [2.05, 4.69) is 16.8 Å². The normalized spacial score (nSPS) is 17.2. The fourth-order valence-electron chi connectivity index (χ4n) is 2.72. The van der Waals surface area contributed by atoms with Gasteiger partial charge < -0.3 is 10.0 Å². The quantitative estimate of drug-likeness (QED) is 0.895. The lowest BCUT2D eigenvalue weighted by atomic mass is 9.92. The van der Waals surface area contributed by atoms with E-state index in [9.17, 15) is 9.50 Å². The summed E-state index contributed by atoms with van der Waals surface area (Å²) in [5.74, 6) is 1.17. The molecule has 4 heteroatoms. The van der Waals surface area contributed by atoms with Gasteiger partial charge in [-0.25, -0.2) is 9.37 Å². The van der Waals surface area contributed by atoms with Crippen molar-refractivity contribution in [3.8, 4) is 0 Å². The average Bonchev–Trinajstić information content (AvgIpc) is 2.40. The number of anilines is 1. The Labute approximate surface area is 108 Å². The van der Waals surface area contributed by atoms with Crippen LogP contribution < -0.4 is 4.90 Å². The topological polar surface area (TPSA) is 36.4 Å². The summed E-state index contributed by atoms with van der Waals surface area (Å²) < 4.78 is 13.1. The van der Waals surface area contributed by atoms with E-state index in [1.54, 1.807) is 0 Å². The van der Waals surface area contributed by atoms with Crippen LogP contribution in [-0.2, 0) is 6.61 Å². The number of piperidine rings is 1. The summed E-state index contributed by atoms with van der Waals surface area (Å²) in [4.78, 5) is 6.30. The van der Waals surface area contributed by atoms with Gasteiger partial charge in [0.15, 0.2) is 0 Å². The molecule has 1 aliphatic heterocycles. The first-order valence-corrected chi connectivity index (χ1v) is 6.74. The fourth-order valence-corrected chi connectivity index (χ4v) is 2.72. The summed E-state index contributed by atoms with van der Waals surface area (Å²) in [7, 11) is 0. The highest BCUT2D eigenvalue weighted by Crippen LogP contribution is 2.27. The van der Waals surface area contributed by atoms with Crippen LogP contribution in [0.5, 0.6) is 0 Å². The minimum Gasteiger partial charge on any atom is -0.392 e. The number of aliphatic hydroxyl groups is 1. The predicted octanol–water partition coefficient (Wildman–Crippen LogP) is 2.73. The second-order valence-corrected chi connectivity index (χ2v) is 5.01. The van der Waals surface area contributed by atoms with Crippen LogP contribution in [0.2, 0.25) is 0 Å². The second kappa shape index (κ2) is 6.14. The third-order valence-electron chi connectivity index (χ3n) is 3.69. The van der Waals surface area contributed by atoms with Gasteiger partial charge >= 0.3 is 0 Å². The summed E-state index contributed by atoms with van der Waals surface area (Å²) >= 11 is 0. The maximum Gasteiger partial charge on any atom is 0.142 e. The lowest BCUT2D eigenvalue weighted by Crippen LogP contribution is -2.35. The molecule has 18 heavy (non-hydrogen) atoms. The number of rotatable bonds is 4. The van der Waals surface area contributed by atoms with Crippen LogP contribution in [0.15, 0.2) is 12.3 Å². The first-order chi connectivity index (χ1) is 8.74. The Morgan fingerprint density at radius 2 is 2.17 bits per heavy atom. The molecule has 0 bridgehead atoms. The van der Waals surface area contributed by atoms with Crippen molar-refractivity contribution in [3.05, 3.63) is 23.6 Å². The minimum absolute atomic E-state index is 0.158. The Balaban J connectivity index is 2.05. The zero-order valence-electron chi connectivity index (χ0n) is 10.9. The number of pyridine rings is 1. The van der Waals surface area contributed by atoms with Crippen LogP contribution in [0.3, 0.4) is 0 Å². The molecule has 1 aromatic rings. The molecule has 0 radical (unpaired) electrons. The third kappa shape index (κ3) is 2.99. The minimum atomic E-state index is -0.385. The SMILES string of the molecule is CCCC1CCN(c2ncc(F)cc2CO)CC1. The van der Waals surface area contributed by atoms with Crippen LogP contribution in [0.1, 0.15) is 38.2 Å². The van der Waals surface area contributed by atoms with E-state index < -0.39 is 0 Å². The van der Waals surface area contributed by atoms with Gasteiger partial charge in [-0.1, -0.05) is 19.8 Å². The van der Waals surface area contributed by atoms with Gasteiger partial charge in [0.05, 0.1) is 12.8 Å². The smallest absolute Gasteiger partial charge is 0.142 e. The predicted molar refractivity (Wildman–Crippen MR) is 70.0 cm³/mol. The highest BCUT2D eigenvalue weighted by Gasteiger charge is 2.21. The Morgan fingerprint density at radius 1 is 1.44 bits per heavy atom. The number of halogens is 1. The average molecular weight is 252 g/mol.